The summed E-state index contributed by atoms with van der Waals surface area (Å²) in [5.74, 6) is 0. The lowest BCUT2D eigenvalue weighted by Crippen LogP contribution is -2.21. The number of benzene rings is 1. The van der Waals surface area contributed by atoms with Crippen LogP contribution in [0.3, 0.4) is 0 Å². The van der Waals surface area contributed by atoms with Crippen molar-refractivity contribution in [2.45, 2.75) is 26.3 Å². The zero-order chi connectivity index (χ0) is 13.7. The van der Waals surface area contributed by atoms with E-state index in [4.69, 9.17) is 4.74 Å². The minimum Gasteiger partial charge on any atom is -0.382 e. The summed E-state index contributed by atoms with van der Waals surface area (Å²) < 4.78 is 5.30. The van der Waals surface area contributed by atoms with Gasteiger partial charge in [0.2, 0.25) is 0 Å². The van der Waals surface area contributed by atoms with Crippen LogP contribution in [0.1, 0.15) is 31.9 Å². The molecule has 0 aliphatic carbocycles. The minimum absolute atomic E-state index is 0.163. The first kappa shape index (κ1) is 13.8. The lowest BCUT2D eigenvalue weighted by atomic mass is 10.1. The van der Waals surface area contributed by atoms with E-state index in [2.05, 4.69) is 22.2 Å². The van der Waals surface area contributed by atoms with Gasteiger partial charge in [-0.2, -0.15) is 0 Å². The van der Waals surface area contributed by atoms with Crippen molar-refractivity contribution in [2.24, 2.45) is 0 Å². The quantitative estimate of drug-likeness (QED) is 0.669. The van der Waals surface area contributed by atoms with Gasteiger partial charge < -0.3 is 20.0 Å². The topological polar surface area (TPSA) is 69.9 Å². The van der Waals surface area contributed by atoms with Crippen molar-refractivity contribution < 1.29 is 4.74 Å². The van der Waals surface area contributed by atoms with Gasteiger partial charge in [0, 0.05) is 19.3 Å². The molecule has 104 valence electrons. The lowest BCUT2D eigenvalue weighted by molar-refractivity contribution is 0.144. The Balaban J connectivity index is 1.93. The predicted octanol–water partition coefficient (Wildman–Crippen LogP) is 1.93. The highest BCUT2D eigenvalue weighted by atomic mass is 16.5. The molecular weight excluding hydrogens is 242 g/mol. The van der Waals surface area contributed by atoms with Crippen molar-refractivity contribution in [3.8, 4) is 0 Å². The van der Waals surface area contributed by atoms with Crippen molar-refractivity contribution >= 4 is 11.0 Å². The number of ether oxygens (including phenoxy) is 1. The Kier molecular flexibility index (Phi) is 4.76. The van der Waals surface area contributed by atoms with Gasteiger partial charge in [-0.05, 0) is 44.5 Å². The molecule has 0 amide bonds. The molecule has 0 spiro atoms. The van der Waals surface area contributed by atoms with Crippen LogP contribution >= 0.6 is 0 Å². The van der Waals surface area contributed by atoms with Gasteiger partial charge in [-0.3, -0.25) is 0 Å². The van der Waals surface area contributed by atoms with Crippen molar-refractivity contribution in [3.63, 3.8) is 0 Å². The van der Waals surface area contributed by atoms with Crippen LogP contribution in [0.4, 0.5) is 0 Å². The molecule has 2 rings (SSSR count). The van der Waals surface area contributed by atoms with Gasteiger partial charge in [0.05, 0.1) is 11.0 Å². The molecule has 1 atom stereocenters. The minimum atomic E-state index is -0.163. The molecule has 1 aromatic carbocycles. The van der Waals surface area contributed by atoms with Gasteiger partial charge in [0.25, 0.3) is 0 Å². The maximum absolute atomic E-state index is 11.2. The summed E-state index contributed by atoms with van der Waals surface area (Å²) in [5.41, 5.74) is 2.70. The average molecular weight is 263 g/mol. The molecule has 2 aromatic rings. The van der Waals surface area contributed by atoms with E-state index in [1.54, 1.807) is 0 Å². The van der Waals surface area contributed by atoms with Gasteiger partial charge in [0.15, 0.2) is 0 Å². The molecule has 0 saturated carbocycles. The molecule has 1 heterocycles. The first-order valence-corrected chi connectivity index (χ1v) is 6.73. The van der Waals surface area contributed by atoms with Crippen LogP contribution in [0.2, 0.25) is 0 Å². The first-order chi connectivity index (χ1) is 9.20. The number of rotatable bonds is 7. The molecule has 5 heteroatoms. The molecule has 3 N–H and O–H groups in total. The number of fused-ring (bicyclic) bond motifs is 1. The molecule has 0 aliphatic rings. The van der Waals surface area contributed by atoms with Crippen LogP contribution in [-0.4, -0.2) is 29.7 Å². The Bertz CT molecular complexity index is 573. The van der Waals surface area contributed by atoms with Crippen molar-refractivity contribution in [1.29, 1.82) is 0 Å². The number of imidazole rings is 1. The summed E-state index contributed by atoms with van der Waals surface area (Å²) in [7, 11) is 0. The van der Waals surface area contributed by atoms with E-state index in [0.29, 0.717) is 0 Å². The summed E-state index contributed by atoms with van der Waals surface area (Å²) in [5, 5.41) is 3.45. The van der Waals surface area contributed by atoms with Crippen molar-refractivity contribution in [3.05, 3.63) is 34.2 Å². The molecule has 1 aromatic heterocycles. The van der Waals surface area contributed by atoms with E-state index < -0.39 is 0 Å². The molecular formula is C14H21N3O2. The van der Waals surface area contributed by atoms with Crippen molar-refractivity contribution in [1.82, 2.24) is 15.3 Å². The Hall–Kier alpha value is -1.59. The molecule has 1 unspecified atom stereocenters. The van der Waals surface area contributed by atoms with E-state index in [9.17, 15) is 4.79 Å². The lowest BCUT2D eigenvalue weighted by Gasteiger charge is -2.14. The highest BCUT2D eigenvalue weighted by molar-refractivity contribution is 5.75. The Morgan fingerprint density at radius 1 is 1.32 bits per heavy atom. The van der Waals surface area contributed by atoms with Crippen LogP contribution in [0.15, 0.2) is 23.0 Å². The second-order valence-corrected chi connectivity index (χ2v) is 4.61. The molecule has 19 heavy (non-hydrogen) atoms. The standard InChI is InChI=1S/C14H21N3O2/c1-3-19-8-4-7-15-10(2)11-5-6-12-13(9-11)17-14(18)16-12/h5-6,9-10,15H,3-4,7-8H2,1-2H3,(H2,16,17,18). The number of H-pyrrole nitrogens is 2. The van der Waals surface area contributed by atoms with Crippen LogP contribution in [0.25, 0.3) is 11.0 Å². The second-order valence-electron chi connectivity index (χ2n) is 4.61. The Morgan fingerprint density at radius 2 is 2.11 bits per heavy atom. The number of hydrogen-bond donors (Lipinski definition) is 3. The highest BCUT2D eigenvalue weighted by Crippen LogP contribution is 2.16. The normalized spacial score (nSPS) is 12.9. The fraction of sp³-hybridized carbons (Fsp3) is 0.500. The molecule has 0 saturated heterocycles. The van der Waals surface area contributed by atoms with Crippen LogP contribution in [0.5, 0.6) is 0 Å². The maximum atomic E-state index is 11.2. The first-order valence-electron chi connectivity index (χ1n) is 6.73. The highest BCUT2D eigenvalue weighted by Gasteiger charge is 2.06. The molecule has 0 bridgehead atoms. The zero-order valence-electron chi connectivity index (χ0n) is 11.5. The third-order valence-electron chi connectivity index (χ3n) is 3.16. The fourth-order valence-electron chi connectivity index (χ4n) is 2.07. The summed E-state index contributed by atoms with van der Waals surface area (Å²) in [6.07, 6.45) is 1.00. The summed E-state index contributed by atoms with van der Waals surface area (Å²) in [4.78, 5) is 16.7. The number of hydrogen-bond acceptors (Lipinski definition) is 3. The van der Waals surface area contributed by atoms with E-state index in [0.717, 1.165) is 37.2 Å². The Labute approximate surface area is 112 Å². The van der Waals surface area contributed by atoms with E-state index in [-0.39, 0.29) is 11.7 Å². The largest absolute Gasteiger partial charge is 0.382 e. The SMILES string of the molecule is CCOCCCNC(C)c1ccc2[nH]c(=O)[nH]c2c1. The van der Waals surface area contributed by atoms with Gasteiger partial charge in [-0.25, -0.2) is 4.79 Å². The van der Waals surface area contributed by atoms with E-state index in [1.165, 1.54) is 5.56 Å². The van der Waals surface area contributed by atoms with Crippen LogP contribution in [-0.2, 0) is 4.74 Å². The molecule has 0 fully saturated rings. The molecule has 0 radical (unpaired) electrons. The second kappa shape index (κ2) is 6.54. The monoisotopic (exact) mass is 263 g/mol. The fourth-order valence-corrected chi connectivity index (χ4v) is 2.07. The summed E-state index contributed by atoms with van der Waals surface area (Å²) in [6, 6.07) is 6.23. The van der Waals surface area contributed by atoms with Gasteiger partial charge in [0.1, 0.15) is 0 Å². The summed E-state index contributed by atoms with van der Waals surface area (Å²) >= 11 is 0. The van der Waals surface area contributed by atoms with E-state index in [1.807, 2.05) is 25.1 Å². The van der Waals surface area contributed by atoms with Crippen molar-refractivity contribution in [2.75, 3.05) is 19.8 Å². The summed E-state index contributed by atoms with van der Waals surface area (Å²) in [6.45, 7) is 6.60. The third kappa shape index (κ3) is 3.68. The molecule has 5 nitrogen and oxygen atoms in total. The maximum Gasteiger partial charge on any atom is 0.323 e. The Morgan fingerprint density at radius 3 is 2.89 bits per heavy atom. The number of nitrogens with one attached hydrogen (secondary N) is 3. The zero-order valence-corrected chi connectivity index (χ0v) is 11.5. The number of aromatic amines is 2. The van der Waals surface area contributed by atoms with Gasteiger partial charge in [-0.15, -0.1) is 0 Å². The third-order valence-corrected chi connectivity index (χ3v) is 3.16. The van der Waals surface area contributed by atoms with Gasteiger partial charge in [-0.1, -0.05) is 6.07 Å². The average Bonchev–Trinajstić information content (AvgIpc) is 2.77. The molecule has 0 aliphatic heterocycles. The van der Waals surface area contributed by atoms with Crippen LogP contribution < -0.4 is 11.0 Å². The van der Waals surface area contributed by atoms with Crippen LogP contribution in [0, 0.1) is 0 Å². The predicted molar refractivity (Wildman–Crippen MR) is 76.4 cm³/mol. The smallest absolute Gasteiger partial charge is 0.323 e. The van der Waals surface area contributed by atoms with Gasteiger partial charge >= 0.3 is 5.69 Å². The van der Waals surface area contributed by atoms with E-state index >= 15 is 0 Å². The number of aromatic nitrogens is 2.